The summed E-state index contributed by atoms with van der Waals surface area (Å²) in [6.07, 6.45) is 0.938. The number of para-hydroxylation sites is 1. The minimum absolute atomic E-state index is 0.698. The van der Waals surface area contributed by atoms with E-state index in [1.807, 2.05) is 6.07 Å². The lowest BCUT2D eigenvalue weighted by Gasteiger charge is -2.24. The molecule has 3 rings (SSSR count). The summed E-state index contributed by atoms with van der Waals surface area (Å²) < 4.78 is 5.84. The zero-order valence-electron chi connectivity index (χ0n) is 12.5. The molecule has 1 heterocycles. The number of hydrogen-bond donors (Lipinski definition) is 1. The molecule has 1 aliphatic heterocycles. The third kappa shape index (κ3) is 3.03. The van der Waals surface area contributed by atoms with E-state index >= 15 is 0 Å². The number of ether oxygens (including phenoxy) is 1. The van der Waals surface area contributed by atoms with Gasteiger partial charge in [0.15, 0.2) is 0 Å². The van der Waals surface area contributed by atoms with Crippen LogP contribution in [0.2, 0.25) is 0 Å². The van der Waals surface area contributed by atoms with Gasteiger partial charge >= 0.3 is 0 Å². The first-order chi connectivity index (χ1) is 10.3. The van der Waals surface area contributed by atoms with Crippen LogP contribution in [0.15, 0.2) is 42.5 Å². The lowest BCUT2D eigenvalue weighted by Crippen LogP contribution is -2.26. The molecule has 21 heavy (non-hydrogen) atoms. The van der Waals surface area contributed by atoms with Gasteiger partial charge in [0.05, 0.1) is 6.54 Å². The van der Waals surface area contributed by atoms with Crippen LogP contribution in [0, 0.1) is 6.92 Å². The van der Waals surface area contributed by atoms with Gasteiger partial charge in [0.1, 0.15) is 12.4 Å². The molecule has 0 saturated heterocycles. The van der Waals surface area contributed by atoms with Gasteiger partial charge in [-0.15, -0.1) is 0 Å². The Morgan fingerprint density at radius 1 is 1.19 bits per heavy atom. The van der Waals surface area contributed by atoms with E-state index in [0.29, 0.717) is 6.54 Å². The van der Waals surface area contributed by atoms with Crippen LogP contribution < -0.4 is 15.4 Å². The van der Waals surface area contributed by atoms with Crippen LogP contribution in [0.4, 0.5) is 5.69 Å². The van der Waals surface area contributed by atoms with Gasteiger partial charge in [-0.05, 0) is 43.1 Å². The van der Waals surface area contributed by atoms with Crippen molar-refractivity contribution in [3.63, 3.8) is 0 Å². The Kier molecular flexibility index (Phi) is 4.11. The van der Waals surface area contributed by atoms with E-state index in [0.717, 1.165) is 31.9 Å². The van der Waals surface area contributed by atoms with E-state index in [1.165, 1.54) is 22.4 Å². The van der Waals surface area contributed by atoms with Crippen molar-refractivity contribution in [2.45, 2.75) is 19.9 Å². The second kappa shape index (κ2) is 6.19. The Hall–Kier alpha value is -2.00. The number of fused-ring (bicyclic) bond motifs is 1. The summed E-state index contributed by atoms with van der Waals surface area (Å²) >= 11 is 0. The Labute approximate surface area is 126 Å². The first-order valence-corrected chi connectivity index (χ1v) is 7.53. The van der Waals surface area contributed by atoms with Crippen LogP contribution >= 0.6 is 0 Å². The molecule has 0 spiro atoms. The van der Waals surface area contributed by atoms with E-state index in [9.17, 15) is 0 Å². The topological polar surface area (TPSA) is 38.5 Å². The van der Waals surface area contributed by atoms with Crippen LogP contribution in [0.3, 0.4) is 0 Å². The highest BCUT2D eigenvalue weighted by atomic mass is 16.5. The molecular weight excluding hydrogens is 260 g/mol. The predicted octanol–water partition coefficient (Wildman–Crippen LogP) is 2.90. The van der Waals surface area contributed by atoms with Crippen molar-refractivity contribution >= 4 is 5.69 Å². The molecule has 0 amide bonds. The summed E-state index contributed by atoms with van der Waals surface area (Å²) in [5, 5.41) is 0. The Morgan fingerprint density at radius 3 is 2.86 bits per heavy atom. The molecule has 0 radical (unpaired) electrons. The fourth-order valence-corrected chi connectivity index (χ4v) is 2.93. The van der Waals surface area contributed by atoms with Gasteiger partial charge in [-0.3, -0.25) is 0 Å². The van der Waals surface area contributed by atoms with E-state index in [4.69, 9.17) is 10.5 Å². The molecule has 0 fully saturated rings. The fourth-order valence-electron chi connectivity index (χ4n) is 2.93. The summed E-state index contributed by atoms with van der Waals surface area (Å²) in [5.74, 6) is 1.01. The molecule has 0 bridgehead atoms. The molecule has 0 saturated carbocycles. The van der Waals surface area contributed by atoms with Gasteiger partial charge in [-0.1, -0.05) is 30.3 Å². The highest BCUT2D eigenvalue weighted by molar-refractivity contribution is 5.56. The maximum absolute atomic E-state index is 5.84. The van der Waals surface area contributed by atoms with Crippen LogP contribution in [-0.4, -0.2) is 19.7 Å². The number of nitrogens with two attached hydrogens (primary N) is 1. The van der Waals surface area contributed by atoms with Gasteiger partial charge < -0.3 is 15.4 Å². The van der Waals surface area contributed by atoms with Gasteiger partial charge in [0, 0.05) is 17.8 Å². The SMILES string of the molecule is Cc1cc(CCN)ccc1N1CCOc2ccccc2C1. The fraction of sp³-hybridized carbons (Fsp3) is 0.333. The quantitative estimate of drug-likeness (QED) is 0.940. The number of nitrogens with zero attached hydrogens (tertiary/aromatic N) is 1. The van der Waals surface area contributed by atoms with Crippen molar-refractivity contribution in [1.82, 2.24) is 0 Å². The number of anilines is 1. The Morgan fingerprint density at radius 2 is 2.05 bits per heavy atom. The van der Waals surface area contributed by atoms with Gasteiger partial charge in [0.2, 0.25) is 0 Å². The first-order valence-electron chi connectivity index (χ1n) is 7.53. The second-order valence-corrected chi connectivity index (χ2v) is 5.54. The third-order valence-corrected chi connectivity index (χ3v) is 3.99. The molecule has 2 N–H and O–H groups in total. The molecule has 2 aromatic carbocycles. The summed E-state index contributed by atoms with van der Waals surface area (Å²) in [4.78, 5) is 2.40. The van der Waals surface area contributed by atoms with E-state index in [-0.39, 0.29) is 0 Å². The minimum atomic E-state index is 0.698. The number of benzene rings is 2. The normalized spacial score (nSPS) is 14.3. The minimum Gasteiger partial charge on any atom is -0.491 e. The molecule has 1 aliphatic rings. The smallest absolute Gasteiger partial charge is 0.124 e. The average molecular weight is 282 g/mol. The van der Waals surface area contributed by atoms with Crippen molar-refractivity contribution in [2.75, 3.05) is 24.6 Å². The monoisotopic (exact) mass is 282 g/mol. The van der Waals surface area contributed by atoms with Gasteiger partial charge in [-0.25, -0.2) is 0 Å². The average Bonchev–Trinajstić information content (AvgIpc) is 2.70. The lowest BCUT2D eigenvalue weighted by molar-refractivity contribution is 0.331. The van der Waals surface area contributed by atoms with Crippen LogP contribution in [-0.2, 0) is 13.0 Å². The van der Waals surface area contributed by atoms with Crippen molar-refractivity contribution in [2.24, 2.45) is 5.73 Å². The molecule has 0 aliphatic carbocycles. The largest absolute Gasteiger partial charge is 0.491 e. The highest BCUT2D eigenvalue weighted by Gasteiger charge is 2.16. The third-order valence-electron chi connectivity index (χ3n) is 3.99. The standard InChI is InChI=1S/C18H22N2O/c1-14-12-15(8-9-19)6-7-17(14)20-10-11-21-18-5-3-2-4-16(18)13-20/h2-7,12H,8-11,13,19H2,1H3. The van der Waals surface area contributed by atoms with Crippen molar-refractivity contribution in [1.29, 1.82) is 0 Å². The highest BCUT2D eigenvalue weighted by Crippen LogP contribution is 2.28. The molecule has 0 atom stereocenters. The lowest BCUT2D eigenvalue weighted by atomic mass is 10.1. The van der Waals surface area contributed by atoms with E-state index in [2.05, 4.69) is 48.2 Å². The first kappa shape index (κ1) is 14.0. The summed E-state index contributed by atoms with van der Waals surface area (Å²) in [6, 6.07) is 15.0. The Bertz CT molecular complexity index is 624. The molecule has 2 aromatic rings. The molecule has 0 unspecified atom stereocenters. The second-order valence-electron chi connectivity index (χ2n) is 5.54. The Balaban J connectivity index is 1.87. The van der Waals surface area contributed by atoms with Crippen LogP contribution in [0.5, 0.6) is 5.75 Å². The number of hydrogen-bond acceptors (Lipinski definition) is 3. The molecule has 3 nitrogen and oxygen atoms in total. The molecule has 110 valence electrons. The van der Waals surface area contributed by atoms with Gasteiger partial charge in [-0.2, -0.15) is 0 Å². The maximum Gasteiger partial charge on any atom is 0.124 e. The number of aryl methyl sites for hydroxylation is 1. The summed E-state index contributed by atoms with van der Waals surface area (Å²) in [5.41, 5.74) is 10.8. The zero-order valence-corrected chi connectivity index (χ0v) is 12.5. The van der Waals surface area contributed by atoms with Crippen molar-refractivity contribution in [3.8, 4) is 5.75 Å². The zero-order chi connectivity index (χ0) is 14.7. The van der Waals surface area contributed by atoms with Crippen LogP contribution in [0.25, 0.3) is 0 Å². The molecule has 0 aromatic heterocycles. The van der Waals surface area contributed by atoms with Gasteiger partial charge in [0.25, 0.3) is 0 Å². The summed E-state index contributed by atoms with van der Waals surface area (Å²) in [6.45, 7) is 5.40. The number of rotatable bonds is 3. The summed E-state index contributed by atoms with van der Waals surface area (Å²) in [7, 11) is 0. The van der Waals surface area contributed by atoms with E-state index in [1.54, 1.807) is 0 Å². The van der Waals surface area contributed by atoms with E-state index < -0.39 is 0 Å². The maximum atomic E-state index is 5.84. The van der Waals surface area contributed by atoms with Crippen LogP contribution in [0.1, 0.15) is 16.7 Å². The van der Waals surface area contributed by atoms with Crippen molar-refractivity contribution in [3.05, 3.63) is 59.2 Å². The molecular formula is C18H22N2O. The van der Waals surface area contributed by atoms with Crippen molar-refractivity contribution < 1.29 is 4.74 Å². The predicted molar refractivity (Wildman–Crippen MR) is 86.9 cm³/mol. The molecule has 3 heteroatoms.